The molecule has 1 heterocycles. The quantitative estimate of drug-likeness (QED) is 0.877. The molecule has 4 nitrogen and oxygen atoms in total. The molecule has 0 saturated heterocycles. The van der Waals surface area contributed by atoms with Gasteiger partial charge >= 0.3 is 5.97 Å². The van der Waals surface area contributed by atoms with Crippen LogP contribution in [0.3, 0.4) is 0 Å². The van der Waals surface area contributed by atoms with Gasteiger partial charge in [0.2, 0.25) is 0 Å². The van der Waals surface area contributed by atoms with Gasteiger partial charge in [-0.3, -0.25) is 4.98 Å². The van der Waals surface area contributed by atoms with E-state index in [1.165, 1.54) is 6.20 Å². The van der Waals surface area contributed by atoms with Crippen LogP contribution in [0.25, 0.3) is 11.1 Å². The largest absolute Gasteiger partial charge is 0.506 e. The molecule has 0 aliphatic heterocycles. The summed E-state index contributed by atoms with van der Waals surface area (Å²) in [6, 6.07) is 6.78. The molecule has 0 fully saturated rings. The topological polar surface area (TPSA) is 70.4 Å². The molecule has 0 atom stereocenters. The van der Waals surface area contributed by atoms with Gasteiger partial charge in [-0.2, -0.15) is 0 Å². The van der Waals surface area contributed by atoms with Crippen LogP contribution in [0.15, 0.2) is 36.7 Å². The minimum absolute atomic E-state index is 0.0561. The number of aromatic nitrogens is 1. The Bertz CT molecular complexity index is 657. The van der Waals surface area contributed by atoms with Gasteiger partial charge in [0.1, 0.15) is 5.75 Å². The minimum atomic E-state index is -0.967. The Hall–Kier alpha value is -2.36. The number of carboxylic acid groups (broad SMARTS) is 1. The first kappa shape index (κ1) is 14.1. The lowest BCUT2D eigenvalue weighted by atomic mass is 9.84. The molecule has 2 N–H and O–H groups in total. The molecule has 0 amide bonds. The summed E-state index contributed by atoms with van der Waals surface area (Å²) in [6.45, 7) is 6.08. The van der Waals surface area contributed by atoms with Gasteiger partial charge in [0.15, 0.2) is 0 Å². The van der Waals surface area contributed by atoms with E-state index in [2.05, 4.69) is 4.98 Å². The highest BCUT2D eigenvalue weighted by molar-refractivity contribution is 5.90. The first-order chi connectivity index (χ1) is 9.27. The van der Waals surface area contributed by atoms with Gasteiger partial charge in [-0.25, -0.2) is 4.79 Å². The van der Waals surface area contributed by atoms with Crippen molar-refractivity contribution in [2.75, 3.05) is 0 Å². The Labute approximate surface area is 117 Å². The van der Waals surface area contributed by atoms with Gasteiger partial charge in [-0.05, 0) is 34.7 Å². The highest BCUT2D eigenvalue weighted by atomic mass is 16.4. The van der Waals surface area contributed by atoms with Crippen LogP contribution in [0, 0.1) is 0 Å². The van der Waals surface area contributed by atoms with E-state index >= 15 is 0 Å². The molecule has 0 bridgehead atoms. The third kappa shape index (κ3) is 2.96. The van der Waals surface area contributed by atoms with Crippen molar-refractivity contribution in [2.45, 2.75) is 26.2 Å². The van der Waals surface area contributed by atoms with Crippen molar-refractivity contribution >= 4 is 5.97 Å². The van der Waals surface area contributed by atoms with E-state index < -0.39 is 5.97 Å². The Morgan fingerprint density at radius 3 is 2.30 bits per heavy atom. The number of carbonyl (C=O) groups is 1. The molecule has 0 unspecified atom stereocenters. The van der Waals surface area contributed by atoms with Crippen molar-refractivity contribution in [2.24, 2.45) is 0 Å². The molecule has 0 aliphatic carbocycles. The van der Waals surface area contributed by atoms with Gasteiger partial charge in [0.25, 0.3) is 0 Å². The van der Waals surface area contributed by atoms with Crippen molar-refractivity contribution in [3.63, 3.8) is 0 Å². The standard InChI is InChI=1S/C16H17NO3/c1-16(2,3)13-5-10(4-11(6-13)15(19)20)12-7-14(18)9-17-8-12/h4-9,18H,1-3H3,(H,19,20). The third-order valence-electron chi connectivity index (χ3n) is 3.10. The van der Waals surface area contributed by atoms with E-state index in [-0.39, 0.29) is 16.7 Å². The second-order valence-electron chi connectivity index (χ2n) is 5.79. The fourth-order valence-corrected chi connectivity index (χ4v) is 1.94. The van der Waals surface area contributed by atoms with Crippen LogP contribution >= 0.6 is 0 Å². The summed E-state index contributed by atoms with van der Waals surface area (Å²) in [5.41, 5.74) is 2.42. The summed E-state index contributed by atoms with van der Waals surface area (Å²) in [4.78, 5) is 15.2. The molecule has 2 aromatic rings. The van der Waals surface area contributed by atoms with Crippen LogP contribution in [0.4, 0.5) is 0 Å². The summed E-state index contributed by atoms with van der Waals surface area (Å²) in [7, 11) is 0. The lowest BCUT2D eigenvalue weighted by Gasteiger charge is -2.20. The number of aromatic hydroxyl groups is 1. The smallest absolute Gasteiger partial charge is 0.335 e. The molecule has 0 saturated carbocycles. The molecular weight excluding hydrogens is 254 g/mol. The Morgan fingerprint density at radius 1 is 1.05 bits per heavy atom. The summed E-state index contributed by atoms with van der Waals surface area (Å²) >= 11 is 0. The van der Waals surface area contributed by atoms with Crippen LogP contribution in [-0.2, 0) is 5.41 Å². The number of benzene rings is 1. The zero-order valence-electron chi connectivity index (χ0n) is 11.7. The number of aromatic carboxylic acids is 1. The zero-order chi connectivity index (χ0) is 14.9. The first-order valence-corrected chi connectivity index (χ1v) is 6.30. The summed E-state index contributed by atoms with van der Waals surface area (Å²) in [5.74, 6) is -0.911. The highest BCUT2D eigenvalue weighted by Crippen LogP contribution is 2.30. The van der Waals surface area contributed by atoms with Gasteiger partial charge in [-0.15, -0.1) is 0 Å². The number of hydrogen-bond donors (Lipinski definition) is 2. The fourth-order valence-electron chi connectivity index (χ4n) is 1.94. The molecule has 1 aromatic carbocycles. The van der Waals surface area contributed by atoms with Gasteiger partial charge < -0.3 is 10.2 Å². The van der Waals surface area contributed by atoms with Crippen molar-refractivity contribution in [1.29, 1.82) is 0 Å². The lowest BCUT2D eigenvalue weighted by molar-refractivity contribution is 0.0697. The predicted octanol–water partition coefficient (Wildman–Crippen LogP) is 3.45. The Morgan fingerprint density at radius 2 is 1.75 bits per heavy atom. The fraction of sp³-hybridized carbons (Fsp3) is 0.250. The summed E-state index contributed by atoms with van der Waals surface area (Å²) < 4.78 is 0. The van der Waals surface area contributed by atoms with Crippen molar-refractivity contribution in [1.82, 2.24) is 4.98 Å². The van der Waals surface area contributed by atoms with E-state index in [0.29, 0.717) is 5.56 Å². The predicted molar refractivity (Wildman–Crippen MR) is 77.0 cm³/mol. The van der Waals surface area contributed by atoms with Crippen LogP contribution in [-0.4, -0.2) is 21.2 Å². The maximum absolute atomic E-state index is 11.3. The second kappa shape index (κ2) is 4.96. The average Bonchev–Trinajstić information content (AvgIpc) is 2.37. The molecule has 20 heavy (non-hydrogen) atoms. The van der Waals surface area contributed by atoms with Crippen molar-refractivity contribution < 1.29 is 15.0 Å². The molecule has 1 aromatic heterocycles. The molecular formula is C16H17NO3. The van der Waals surface area contributed by atoms with Crippen molar-refractivity contribution in [3.8, 4) is 16.9 Å². The third-order valence-corrected chi connectivity index (χ3v) is 3.10. The van der Waals surface area contributed by atoms with Crippen LogP contribution in [0.1, 0.15) is 36.7 Å². The number of pyridine rings is 1. The number of carboxylic acids is 1. The number of hydrogen-bond acceptors (Lipinski definition) is 3. The van der Waals surface area contributed by atoms with E-state index in [0.717, 1.165) is 11.1 Å². The molecule has 4 heteroatoms. The average molecular weight is 271 g/mol. The molecule has 0 spiro atoms. The maximum Gasteiger partial charge on any atom is 0.335 e. The Balaban J connectivity index is 2.64. The van der Waals surface area contributed by atoms with E-state index in [1.807, 2.05) is 26.8 Å². The molecule has 104 valence electrons. The van der Waals surface area contributed by atoms with Crippen molar-refractivity contribution in [3.05, 3.63) is 47.8 Å². The van der Waals surface area contributed by atoms with Gasteiger partial charge in [0.05, 0.1) is 11.8 Å². The van der Waals surface area contributed by atoms with E-state index in [9.17, 15) is 15.0 Å². The number of nitrogens with zero attached hydrogens (tertiary/aromatic N) is 1. The van der Waals surface area contributed by atoms with Crippen LogP contribution in [0.2, 0.25) is 0 Å². The van der Waals surface area contributed by atoms with Crippen LogP contribution in [0.5, 0.6) is 5.75 Å². The van der Waals surface area contributed by atoms with E-state index in [4.69, 9.17) is 0 Å². The summed E-state index contributed by atoms with van der Waals surface area (Å²) in [6.07, 6.45) is 2.95. The zero-order valence-corrected chi connectivity index (χ0v) is 11.7. The molecule has 0 radical (unpaired) electrons. The van der Waals surface area contributed by atoms with Gasteiger partial charge in [0, 0.05) is 11.8 Å². The lowest BCUT2D eigenvalue weighted by Crippen LogP contribution is -2.12. The Kier molecular flexibility index (Phi) is 3.49. The van der Waals surface area contributed by atoms with Crippen LogP contribution < -0.4 is 0 Å². The van der Waals surface area contributed by atoms with Gasteiger partial charge in [-0.1, -0.05) is 26.8 Å². The summed E-state index contributed by atoms with van der Waals surface area (Å²) in [5, 5.41) is 18.7. The SMILES string of the molecule is CC(C)(C)c1cc(C(=O)O)cc(-c2cncc(O)c2)c1. The number of rotatable bonds is 2. The highest BCUT2D eigenvalue weighted by Gasteiger charge is 2.18. The maximum atomic E-state index is 11.3. The molecule has 0 aliphatic rings. The monoisotopic (exact) mass is 271 g/mol. The van der Waals surface area contributed by atoms with E-state index in [1.54, 1.807) is 24.4 Å². The second-order valence-corrected chi connectivity index (χ2v) is 5.79. The molecule has 2 rings (SSSR count). The first-order valence-electron chi connectivity index (χ1n) is 6.30. The minimum Gasteiger partial charge on any atom is -0.506 e. The normalized spacial score (nSPS) is 11.3.